The van der Waals surface area contributed by atoms with Crippen LogP contribution in [0.3, 0.4) is 0 Å². The fraction of sp³-hybridized carbons (Fsp3) is 0.900. The summed E-state index contributed by atoms with van der Waals surface area (Å²) >= 11 is 0. The number of nitrogens with one attached hydrogen (secondary N) is 1. The van der Waals surface area contributed by atoms with Gasteiger partial charge >= 0.3 is 6.18 Å². The fourth-order valence-corrected chi connectivity index (χ4v) is 1.31. The number of carbonyl (C=O) groups excluding carboxylic acids is 1. The van der Waals surface area contributed by atoms with Gasteiger partial charge < -0.3 is 15.8 Å². The van der Waals surface area contributed by atoms with E-state index in [-0.39, 0.29) is 25.0 Å². The third kappa shape index (κ3) is 11.9. The number of halogens is 4. The molecule has 18 heavy (non-hydrogen) atoms. The molecule has 0 radical (unpaired) electrons. The Morgan fingerprint density at radius 2 is 1.94 bits per heavy atom. The molecule has 1 amide bonds. The maximum atomic E-state index is 11.7. The summed E-state index contributed by atoms with van der Waals surface area (Å²) in [5.41, 5.74) is 5.43. The lowest BCUT2D eigenvalue weighted by atomic mass is 10.0. The van der Waals surface area contributed by atoms with E-state index in [0.29, 0.717) is 12.3 Å². The van der Waals surface area contributed by atoms with E-state index in [1.807, 2.05) is 13.8 Å². The third-order valence-corrected chi connectivity index (χ3v) is 1.90. The van der Waals surface area contributed by atoms with Gasteiger partial charge in [-0.25, -0.2) is 0 Å². The highest BCUT2D eigenvalue weighted by atomic mass is 35.5. The molecule has 110 valence electrons. The van der Waals surface area contributed by atoms with E-state index in [4.69, 9.17) is 5.73 Å². The van der Waals surface area contributed by atoms with Gasteiger partial charge in [-0.15, -0.1) is 12.4 Å². The zero-order chi connectivity index (χ0) is 13.5. The van der Waals surface area contributed by atoms with Crippen LogP contribution in [-0.4, -0.2) is 37.9 Å². The maximum absolute atomic E-state index is 11.7. The second-order valence-electron chi connectivity index (χ2n) is 4.24. The molecular weight excluding hydrogens is 273 g/mol. The summed E-state index contributed by atoms with van der Waals surface area (Å²) in [6.07, 6.45) is -3.73. The molecule has 0 spiro atoms. The predicted octanol–water partition coefficient (Wildman–Crippen LogP) is 1.48. The Morgan fingerprint density at radius 3 is 2.33 bits per heavy atom. The molecule has 1 unspecified atom stereocenters. The van der Waals surface area contributed by atoms with Gasteiger partial charge in [-0.2, -0.15) is 13.2 Å². The molecule has 0 fully saturated rings. The van der Waals surface area contributed by atoms with Crippen LogP contribution in [-0.2, 0) is 9.53 Å². The number of carbonyl (C=O) groups is 1. The normalized spacial score (nSPS) is 13.1. The van der Waals surface area contributed by atoms with Crippen molar-refractivity contribution in [2.45, 2.75) is 32.5 Å². The van der Waals surface area contributed by atoms with E-state index in [1.165, 1.54) is 0 Å². The van der Waals surface area contributed by atoms with Gasteiger partial charge in [0.15, 0.2) is 0 Å². The van der Waals surface area contributed by atoms with E-state index in [0.717, 1.165) is 0 Å². The Hall–Kier alpha value is -0.530. The smallest absolute Gasteiger partial charge is 0.362 e. The molecule has 1 atom stereocenters. The lowest BCUT2D eigenvalue weighted by molar-refractivity contribution is -0.175. The van der Waals surface area contributed by atoms with Gasteiger partial charge in [0.1, 0.15) is 13.2 Å². The van der Waals surface area contributed by atoms with Crippen LogP contribution >= 0.6 is 12.4 Å². The van der Waals surface area contributed by atoms with Crippen molar-refractivity contribution in [3.63, 3.8) is 0 Å². The average molecular weight is 293 g/mol. The van der Waals surface area contributed by atoms with Gasteiger partial charge in [0, 0.05) is 12.6 Å². The summed E-state index contributed by atoms with van der Waals surface area (Å²) in [4.78, 5) is 11.2. The second kappa shape index (κ2) is 9.41. The molecule has 0 aliphatic carbocycles. The molecule has 0 aromatic carbocycles. The van der Waals surface area contributed by atoms with Gasteiger partial charge in [-0.1, -0.05) is 13.8 Å². The lowest BCUT2D eigenvalue weighted by Crippen LogP contribution is -2.43. The monoisotopic (exact) mass is 292 g/mol. The minimum Gasteiger partial charge on any atom is -0.362 e. The van der Waals surface area contributed by atoms with Gasteiger partial charge in [-0.05, 0) is 12.3 Å². The zero-order valence-electron chi connectivity index (χ0n) is 10.4. The molecule has 3 N–H and O–H groups in total. The van der Waals surface area contributed by atoms with Crippen LogP contribution in [0.15, 0.2) is 0 Å². The van der Waals surface area contributed by atoms with Crippen molar-refractivity contribution in [1.29, 1.82) is 0 Å². The first-order valence-electron chi connectivity index (χ1n) is 5.38. The second-order valence-corrected chi connectivity index (χ2v) is 4.24. The number of ether oxygens (including phenoxy) is 1. The number of alkyl halides is 3. The first-order chi connectivity index (χ1) is 7.74. The minimum atomic E-state index is -4.41. The Balaban J connectivity index is 0. The fourth-order valence-electron chi connectivity index (χ4n) is 1.31. The summed E-state index contributed by atoms with van der Waals surface area (Å²) < 4.78 is 39.4. The maximum Gasteiger partial charge on any atom is 0.411 e. The minimum absolute atomic E-state index is 0. The Morgan fingerprint density at radius 1 is 1.39 bits per heavy atom. The van der Waals surface area contributed by atoms with E-state index < -0.39 is 25.3 Å². The predicted molar refractivity (Wildman–Crippen MR) is 64.6 cm³/mol. The molecule has 0 aromatic rings. The molecule has 0 heterocycles. The number of hydrogen-bond acceptors (Lipinski definition) is 3. The van der Waals surface area contributed by atoms with E-state index in [2.05, 4.69) is 10.1 Å². The summed E-state index contributed by atoms with van der Waals surface area (Å²) in [5, 5.41) is 2.53. The SMILES string of the molecule is CC(C)CC(CN)NC(=O)COCC(F)(F)F.Cl. The molecule has 0 aromatic heterocycles. The molecule has 0 aliphatic rings. The van der Waals surface area contributed by atoms with Crippen molar-refractivity contribution in [3.05, 3.63) is 0 Å². The van der Waals surface area contributed by atoms with Crippen LogP contribution in [0.2, 0.25) is 0 Å². The summed E-state index contributed by atoms with van der Waals surface area (Å²) in [5.74, 6) is -0.231. The van der Waals surface area contributed by atoms with Crippen molar-refractivity contribution < 1.29 is 22.7 Å². The standard InChI is InChI=1S/C10H19F3N2O2.ClH/c1-7(2)3-8(4-14)15-9(16)5-17-6-10(11,12)13;/h7-8H,3-6,14H2,1-2H3,(H,15,16);1H. The van der Waals surface area contributed by atoms with Crippen molar-refractivity contribution in [2.75, 3.05) is 19.8 Å². The Labute approximate surface area is 111 Å². The number of hydrogen-bond donors (Lipinski definition) is 2. The topological polar surface area (TPSA) is 64.3 Å². The highest BCUT2D eigenvalue weighted by Gasteiger charge is 2.27. The molecule has 0 aliphatic heterocycles. The highest BCUT2D eigenvalue weighted by Crippen LogP contribution is 2.14. The first kappa shape index (κ1) is 19.8. The summed E-state index contributed by atoms with van der Waals surface area (Å²) in [6, 6.07) is -0.225. The van der Waals surface area contributed by atoms with Gasteiger partial charge in [0.05, 0.1) is 0 Å². The van der Waals surface area contributed by atoms with Crippen molar-refractivity contribution >= 4 is 18.3 Å². The molecule has 0 saturated heterocycles. The van der Waals surface area contributed by atoms with Crippen LogP contribution in [0, 0.1) is 5.92 Å². The van der Waals surface area contributed by atoms with Crippen molar-refractivity contribution in [1.82, 2.24) is 5.32 Å². The lowest BCUT2D eigenvalue weighted by Gasteiger charge is -2.18. The van der Waals surface area contributed by atoms with E-state index >= 15 is 0 Å². The quantitative estimate of drug-likeness (QED) is 0.747. The molecule has 4 nitrogen and oxygen atoms in total. The summed E-state index contributed by atoms with van der Waals surface area (Å²) in [6.45, 7) is 2.17. The Kier molecular flexibility index (Phi) is 10.3. The largest absolute Gasteiger partial charge is 0.411 e. The van der Waals surface area contributed by atoms with Gasteiger partial charge in [0.25, 0.3) is 0 Å². The van der Waals surface area contributed by atoms with E-state index in [9.17, 15) is 18.0 Å². The third-order valence-electron chi connectivity index (χ3n) is 1.90. The average Bonchev–Trinajstić information content (AvgIpc) is 2.13. The molecule has 0 bridgehead atoms. The molecular formula is C10H20ClF3N2O2. The van der Waals surface area contributed by atoms with Crippen LogP contribution in [0.4, 0.5) is 13.2 Å². The summed E-state index contributed by atoms with van der Waals surface area (Å²) in [7, 11) is 0. The molecule has 0 rings (SSSR count). The Bertz CT molecular complexity index is 238. The zero-order valence-corrected chi connectivity index (χ0v) is 11.2. The van der Waals surface area contributed by atoms with Crippen LogP contribution in [0.1, 0.15) is 20.3 Å². The molecule has 0 saturated carbocycles. The van der Waals surface area contributed by atoms with Crippen molar-refractivity contribution in [2.24, 2.45) is 11.7 Å². The van der Waals surface area contributed by atoms with Gasteiger partial charge in [0.2, 0.25) is 5.91 Å². The van der Waals surface area contributed by atoms with Crippen LogP contribution in [0.5, 0.6) is 0 Å². The van der Waals surface area contributed by atoms with Gasteiger partial charge in [-0.3, -0.25) is 4.79 Å². The van der Waals surface area contributed by atoms with E-state index in [1.54, 1.807) is 0 Å². The number of rotatable bonds is 7. The molecule has 8 heteroatoms. The van der Waals surface area contributed by atoms with Crippen molar-refractivity contribution in [3.8, 4) is 0 Å². The van der Waals surface area contributed by atoms with Crippen LogP contribution in [0.25, 0.3) is 0 Å². The number of nitrogens with two attached hydrogens (primary N) is 1. The highest BCUT2D eigenvalue weighted by molar-refractivity contribution is 5.85. The first-order valence-corrected chi connectivity index (χ1v) is 5.38. The van der Waals surface area contributed by atoms with Crippen LogP contribution < -0.4 is 11.1 Å². The number of amides is 1.